The Labute approximate surface area is 171 Å². The molecule has 0 radical (unpaired) electrons. The molecule has 6 nitrogen and oxygen atoms in total. The predicted molar refractivity (Wildman–Crippen MR) is 116 cm³/mol. The number of aromatic nitrogens is 2. The molecule has 0 aliphatic carbocycles. The van der Waals surface area contributed by atoms with Crippen molar-refractivity contribution in [1.29, 1.82) is 0 Å². The molecule has 1 aromatic heterocycles. The number of benzene rings is 2. The van der Waals surface area contributed by atoms with Gasteiger partial charge in [0.15, 0.2) is 5.82 Å². The van der Waals surface area contributed by atoms with Gasteiger partial charge in [0.05, 0.1) is 11.4 Å². The number of hydrogen-bond donors (Lipinski definition) is 1. The van der Waals surface area contributed by atoms with Crippen molar-refractivity contribution in [3.63, 3.8) is 0 Å². The molecule has 0 bridgehead atoms. The van der Waals surface area contributed by atoms with Gasteiger partial charge in [0.2, 0.25) is 10.0 Å². The minimum atomic E-state index is -3.44. The number of aryl methyl sites for hydroxylation is 1. The normalized spacial score (nSPS) is 14.1. The highest BCUT2D eigenvalue weighted by molar-refractivity contribution is 7.92. The summed E-state index contributed by atoms with van der Waals surface area (Å²) in [6.45, 7) is 2.04. The van der Waals surface area contributed by atoms with Gasteiger partial charge in [-0.15, -0.1) is 10.2 Å². The Balaban J connectivity index is 1.44. The predicted octanol–water partition coefficient (Wildman–Crippen LogP) is 3.73. The average molecular weight is 409 g/mol. The first-order valence-corrected chi connectivity index (χ1v) is 11.5. The van der Waals surface area contributed by atoms with Crippen LogP contribution >= 0.6 is 0 Å². The fourth-order valence-electron chi connectivity index (χ4n) is 3.46. The summed E-state index contributed by atoms with van der Waals surface area (Å²) < 4.78 is 27.6. The van der Waals surface area contributed by atoms with Crippen molar-refractivity contribution in [1.82, 2.24) is 10.2 Å². The molecule has 0 amide bonds. The van der Waals surface area contributed by atoms with Gasteiger partial charge in [-0.3, -0.25) is 4.72 Å². The average Bonchev–Trinajstić information content (AvgIpc) is 3.28. The van der Waals surface area contributed by atoms with E-state index in [1.165, 1.54) is 12.8 Å². The van der Waals surface area contributed by atoms with Gasteiger partial charge in [0, 0.05) is 24.3 Å². The lowest BCUT2D eigenvalue weighted by molar-refractivity contribution is 0.600. The number of anilines is 2. The van der Waals surface area contributed by atoms with Gasteiger partial charge in [-0.05, 0) is 49.1 Å². The van der Waals surface area contributed by atoms with Crippen LogP contribution in [0.25, 0.3) is 11.3 Å². The molecule has 3 aromatic rings. The molecule has 7 heteroatoms. The van der Waals surface area contributed by atoms with Crippen molar-refractivity contribution in [2.75, 3.05) is 28.5 Å². The van der Waals surface area contributed by atoms with Crippen molar-refractivity contribution in [2.24, 2.45) is 0 Å². The van der Waals surface area contributed by atoms with Crippen LogP contribution in [-0.4, -0.2) is 37.5 Å². The molecule has 0 atom stereocenters. The number of hydrogen-bond acceptors (Lipinski definition) is 5. The minimum Gasteiger partial charge on any atom is -0.355 e. The van der Waals surface area contributed by atoms with E-state index in [0.717, 1.165) is 35.7 Å². The lowest BCUT2D eigenvalue weighted by Gasteiger charge is -2.15. The highest BCUT2D eigenvalue weighted by Gasteiger charge is 2.15. The smallest absolute Gasteiger partial charge is 0.233 e. The first kappa shape index (κ1) is 19.4. The first-order chi connectivity index (χ1) is 14.1. The standard InChI is InChI=1S/C22H24N4O2S/c27-29(28,16-13-18-7-2-1-3-8-18)25-20-10-6-9-19(17-20)21-11-12-22(24-23-21)26-14-4-5-15-26/h1-3,6-12,17,25H,4-5,13-16H2. The van der Waals surface area contributed by atoms with Crippen LogP contribution in [0, 0.1) is 0 Å². The van der Waals surface area contributed by atoms with Crippen molar-refractivity contribution < 1.29 is 8.42 Å². The second-order valence-electron chi connectivity index (χ2n) is 7.21. The largest absolute Gasteiger partial charge is 0.355 e. The summed E-state index contributed by atoms with van der Waals surface area (Å²) >= 11 is 0. The molecule has 0 spiro atoms. The molecular weight excluding hydrogens is 384 g/mol. The molecule has 4 rings (SSSR count). The summed E-state index contributed by atoms with van der Waals surface area (Å²) in [5, 5.41) is 8.68. The molecule has 2 heterocycles. The summed E-state index contributed by atoms with van der Waals surface area (Å²) in [4.78, 5) is 2.23. The van der Waals surface area contributed by atoms with Crippen LogP contribution in [0.1, 0.15) is 18.4 Å². The van der Waals surface area contributed by atoms with Gasteiger partial charge in [-0.25, -0.2) is 8.42 Å². The Morgan fingerprint density at radius 1 is 0.897 bits per heavy atom. The maximum Gasteiger partial charge on any atom is 0.233 e. The van der Waals surface area contributed by atoms with E-state index in [9.17, 15) is 8.42 Å². The van der Waals surface area contributed by atoms with Gasteiger partial charge in [0.25, 0.3) is 0 Å². The molecular formula is C22H24N4O2S. The Morgan fingerprint density at radius 2 is 1.69 bits per heavy atom. The van der Waals surface area contributed by atoms with Crippen molar-refractivity contribution in [3.05, 3.63) is 72.3 Å². The van der Waals surface area contributed by atoms with E-state index in [1.54, 1.807) is 12.1 Å². The molecule has 1 N–H and O–H groups in total. The van der Waals surface area contributed by atoms with E-state index < -0.39 is 10.0 Å². The summed E-state index contributed by atoms with van der Waals surface area (Å²) in [6, 6.07) is 20.8. The van der Waals surface area contributed by atoms with E-state index >= 15 is 0 Å². The Kier molecular flexibility index (Phi) is 5.76. The zero-order valence-corrected chi connectivity index (χ0v) is 17.0. The lowest BCUT2D eigenvalue weighted by Crippen LogP contribution is -2.19. The third-order valence-corrected chi connectivity index (χ3v) is 6.30. The molecule has 150 valence electrons. The Morgan fingerprint density at radius 3 is 2.41 bits per heavy atom. The van der Waals surface area contributed by atoms with Gasteiger partial charge in [0.1, 0.15) is 0 Å². The van der Waals surface area contributed by atoms with Crippen LogP contribution in [0.2, 0.25) is 0 Å². The summed E-state index contributed by atoms with van der Waals surface area (Å²) in [7, 11) is -3.44. The zero-order chi connectivity index (χ0) is 20.1. The minimum absolute atomic E-state index is 0.0333. The number of nitrogens with zero attached hydrogens (tertiary/aromatic N) is 3. The van der Waals surface area contributed by atoms with Gasteiger partial charge >= 0.3 is 0 Å². The molecule has 0 unspecified atom stereocenters. The Hall–Kier alpha value is -2.93. The van der Waals surface area contributed by atoms with Gasteiger partial charge in [-0.1, -0.05) is 42.5 Å². The summed E-state index contributed by atoms with van der Waals surface area (Å²) in [5.41, 5.74) is 3.08. The van der Waals surface area contributed by atoms with Crippen LogP contribution in [0.4, 0.5) is 11.5 Å². The lowest BCUT2D eigenvalue weighted by atomic mass is 10.1. The number of nitrogens with one attached hydrogen (secondary N) is 1. The molecule has 0 saturated carbocycles. The van der Waals surface area contributed by atoms with E-state index in [1.807, 2.05) is 54.6 Å². The molecule has 1 aliphatic rings. The second-order valence-corrected chi connectivity index (χ2v) is 9.05. The molecule has 1 saturated heterocycles. The van der Waals surface area contributed by atoms with Crippen LogP contribution in [0.5, 0.6) is 0 Å². The third-order valence-electron chi connectivity index (χ3n) is 5.01. The van der Waals surface area contributed by atoms with Crippen LogP contribution in [0.15, 0.2) is 66.7 Å². The molecule has 29 heavy (non-hydrogen) atoms. The number of rotatable bonds is 7. The fraction of sp³-hybridized carbons (Fsp3) is 0.273. The van der Waals surface area contributed by atoms with E-state index in [0.29, 0.717) is 12.1 Å². The van der Waals surface area contributed by atoms with E-state index in [-0.39, 0.29) is 5.75 Å². The second kappa shape index (κ2) is 8.61. The van der Waals surface area contributed by atoms with Gasteiger partial charge < -0.3 is 4.90 Å². The summed E-state index contributed by atoms with van der Waals surface area (Å²) in [5.74, 6) is 0.926. The topological polar surface area (TPSA) is 75.2 Å². The van der Waals surface area contributed by atoms with Crippen molar-refractivity contribution in [3.8, 4) is 11.3 Å². The third kappa shape index (κ3) is 5.12. The zero-order valence-electron chi connectivity index (χ0n) is 16.2. The van der Waals surface area contributed by atoms with Crippen LogP contribution in [0.3, 0.4) is 0 Å². The summed E-state index contributed by atoms with van der Waals surface area (Å²) in [6.07, 6.45) is 2.85. The van der Waals surface area contributed by atoms with E-state index in [2.05, 4.69) is 19.8 Å². The molecule has 1 fully saturated rings. The maximum atomic E-state index is 12.5. The molecule has 2 aromatic carbocycles. The van der Waals surface area contributed by atoms with Crippen LogP contribution < -0.4 is 9.62 Å². The van der Waals surface area contributed by atoms with Crippen LogP contribution in [-0.2, 0) is 16.4 Å². The van der Waals surface area contributed by atoms with Gasteiger partial charge in [-0.2, -0.15) is 0 Å². The maximum absolute atomic E-state index is 12.5. The fourth-order valence-corrected chi connectivity index (χ4v) is 4.56. The first-order valence-electron chi connectivity index (χ1n) is 9.83. The quantitative estimate of drug-likeness (QED) is 0.645. The van der Waals surface area contributed by atoms with Crippen molar-refractivity contribution >= 4 is 21.5 Å². The SMILES string of the molecule is O=S(=O)(CCc1ccccc1)Nc1cccc(-c2ccc(N3CCCC3)nn2)c1. The Bertz CT molecular complexity index is 1050. The van der Waals surface area contributed by atoms with Crippen molar-refractivity contribution in [2.45, 2.75) is 19.3 Å². The molecule has 1 aliphatic heterocycles. The highest BCUT2D eigenvalue weighted by Crippen LogP contribution is 2.23. The van der Waals surface area contributed by atoms with E-state index in [4.69, 9.17) is 0 Å². The monoisotopic (exact) mass is 408 g/mol. The highest BCUT2D eigenvalue weighted by atomic mass is 32.2. The number of sulfonamides is 1.